The number of hydrogen-bond acceptors (Lipinski definition) is 27. The van der Waals surface area contributed by atoms with Crippen molar-refractivity contribution in [2.24, 2.45) is 0 Å². The van der Waals surface area contributed by atoms with Gasteiger partial charge in [0.2, 0.25) is 37.8 Å². The predicted molar refractivity (Wildman–Crippen MR) is 489 cm³/mol. The van der Waals surface area contributed by atoms with E-state index in [0.717, 1.165) is 59.5 Å². The van der Waals surface area contributed by atoms with Crippen molar-refractivity contribution < 1.29 is 49.5 Å². The molecule has 1 fully saturated rings. The lowest BCUT2D eigenvalue weighted by Gasteiger charge is -2.18. The Morgan fingerprint density at radius 3 is 1.05 bits per heavy atom. The Balaban J connectivity index is 0.000000154. The lowest BCUT2D eigenvalue weighted by Crippen LogP contribution is -2.27. The first-order valence-corrected chi connectivity index (χ1v) is 44.3. The summed E-state index contributed by atoms with van der Waals surface area (Å²) in [5, 5.41) is 36.1. The van der Waals surface area contributed by atoms with Crippen LogP contribution in [0.1, 0.15) is 137 Å². The summed E-state index contributed by atoms with van der Waals surface area (Å²) in [7, 11) is -6.84. The van der Waals surface area contributed by atoms with Gasteiger partial charge < -0.3 is 56.4 Å². The van der Waals surface area contributed by atoms with Gasteiger partial charge in [0.05, 0.1) is 80.1 Å². The highest BCUT2D eigenvalue weighted by molar-refractivity contribution is 7.93. The summed E-state index contributed by atoms with van der Waals surface area (Å²) in [4.78, 5) is 66.1. The molecule has 37 heteroatoms. The number of amides is 3. The molecule has 1 aliphatic carbocycles. The molecule has 0 bridgehead atoms. The van der Waals surface area contributed by atoms with Crippen LogP contribution < -0.4 is 47.3 Å². The fourth-order valence-electron chi connectivity index (χ4n) is 13.3. The second-order valence-corrected chi connectivity index (χ2v) is 38.1. The molecule has 0 aliphatic heterocycles. The minimum absolute atomic E-state index is 0.0857. The third-order valence-electron chi connectivity index (χ3n) is 20.7. The number of sulfonamides is 2. The molecule has 127 heavy (non-hydrogen) atoms. The van der Waals surface area contributed by atoms with Crippen molar-refractivity contribution in [2.45, 2.75) is 149 Å². The maximum Gasteiger partial charge on any atom is 0.235 e. The predicted octanol–water partition coefficient (Wildman–Crippen LogP) is 14.4. The number of carbonyl (C=O) groups excluding carboxylic acids is 3. The lowest BCUT2D eigenvalue weighted by molar-refractivity contribution is -0.116. The number of anilines is 8. The van der Waals surface area contributed by atoms with Gasteiger partial charge in [0.15, 0.2) is 16.9 Å². The molecule has 6 aromatic carbocycles. The van der Waals surface area contributed by atoms with Gasteiger partial charge in [-0.05, 0) is 161 Å². The standard InChI is InChI=1S/C32H38N8O3.C29H30N8O4S.C29H32N8O4S/c1-6-39(7-2)16-17-42-25-14-8-21(9-15-25)29-28-30(33)34-20-35-31(28)40(37-29)24-12-10-22(11-13-24)36-27(41)19-23-18-26(43-38-23)32(3,4)5;1-29(2,3)23-14-20(35-41-23)15-24(38)33-18-8-10-21(11-9-18)37-28-25(27(30)31-16-32-28)26(34-37)17-4-6-19(7-5-17)36-42(39,40)22-12-13-22;1-17(2)42(39,40)36-20-8-6-18(7-9-20)26-25-27(30)31-16-32-28(25)37(34-26)22-12-10-19(11-13-22)33-24(38)15-21-14-23(41-35-21)29(3,4)5/h8-15,18,20H,6-7,16-17,19H2,1-5H3,(H,36,41)(H2,33,34,35);4-11,14,16,22,36H,12-13,15H2,1-3H3,(H,33,38)(H2,30,31,32);6-14,16-17,36H,15H2,1-5H3,(H,33,38)(H2,30,31,32). The number of nitrogens with two attached hydrogens (primary N) is 3. The normalized spacial score (nSPS) is 12.6. The zero-order valence-electron chi connectivity index (χ0n) is 72.5. The minimum atomic E-state index is -3.48. The highest BCUT2D eigenvalue weighted by atomic mass is 32.2. The number of hydrogen-bond donors (Lipinski definition) is 8. The highest BCUT2D eigenvalue weighted by Gasteiger charge is 2.36. The van der Waals surface area contributed by atoms with Crippen LogP contribution in [-0.2, 0) is 69.9 Å². The van der Waals surface area contributed by atoms with Gasteiger partial charge in [-0.2, -0.15) is 15.3 Å². The topological polar surface area (TPSA) is 479 Å². The van der Waals surface area contributed by atoms with Crippen molar-refractivity contribution in [1.82, 2.24) is 79.6 Å². The Hall–Kier alpha value is -14.3. The largest absolute Gasteiger partial charge is 0.492 e. The van der Waals surface area contributed by atoms with Crippen molar-refractivity contribution >= 4 is 117 Å². The van der Waals surface area contributed by atoms with Gasteiger partial charge in [-0.15, -0.1) is 0 Å². The fourth-order valence-corrected chi connectivity index (χ4v) is 15.4. The van der Waals surface area contributed by atoms with Gasteiger partial charge >= 0.3 is 0 Å². The van der Waals surface area contributed by atoms with Gasteiger partial charge in [0.25, 0.3) is 0 Å². The number of nitrogen functional groups attached to an aromatic ring is 3. The van der Waals surface area contributed by atoms with Crippen molar-refractivity contribution in [3.63, 3.8) is 0 Å². The van der Waals surface area contributed by atoms with Gasteiger partial charge in [-0.25, -0.2) is 60.8 Å². The molecule has 35 nitrogen and oxygen atoms in total. The van der Waals surface area contributed by atoms with E-state index in [0.29, 0.717) is 138 Å². The summed E-state index contributed by atoms with van der Waals surface area (Å²) in [6.45, 7) is 29.2. The van der Waals surface area contributed by atoms with Crippen molar-refractivity contribution in [3.05, 3.63) is 217 Å². The van der Waals surface area contributed by atoms with E-state index < -0.39 is 25.3 Å². The summed E-state index contributed by atoms with van der Waals surface area (Å²) >= 11 is 0. The van der Waals surface area contributed by atoms with Gasteiger partial charge in [0, 0.05) is 86.1 Å². The van der Waals surface area contributed by atoms with Gasteiger partial charge in [0.1, 0.15) is 83.2 Å². The summed E-state index contributed by atoms with van der Waals surface area (Å²) in [5.74, 6) is 3.23. The second-order valence-electron chi connectivity index (χ2n) is 33.9. The van der Waals surface area contributed by atoms with Crippen LogP contribution in [-0.4, -0.2) is 151 Å². The molecule has 1 aliphatic rings. The molecule has 0 unspecified atom stereocenters. The molecule has 3 amide bonds. The Bertz CT molecular complexity index is 6430. The fraction of sp³-hybridized carbons (Fsp3) is 0.300. The molecule has 658 valence electrons. The van der Waals surface area contributed by atoms with E-state index in [1.54, 1.807) is 113 Å². The van der Waals surface area contributed by atoms with Crippen LogP contribution in [0.25, 0.3) is 83.9 Å². The third-order valence-corrected chi connectivity index (χ3v) is 24.3. The van der Waals surface area contributed by atoms with Crippen LogP contribution in [0, 0.1) is 0 Å². The second kappa shape index (κ2) is 36.8. The molecule has 9 aromatic heterocycles. The molecule has 9 heterocycles. The van der Waals surface area contributed by atoms with Crippen LogP contribution in [0.5, 0.6) is 5.75 Å². The van der Waals surface area contributed by atoms with Gasteiger partial charge in [-0.3, -0.25) is 23.8 Å². The Kier molecular flexibility index (Phi) is 25.8. The SMILES string of the molecule is CC(C)(C)c1cc(CC(=O)Nc2ccc(-n3nc(-c4ccc(NS(=O)(=O)C5CC5)cc4)c4c(N)ncnc43)cc2)no1.CC(C)S(=O)(=O)Nc1ccc(-c2nn(-c3ccc(NC(=O)Cc4cc(C(C)(C)C)on4)cc3)c3ncnc(N)c23)cc1.CCN(CC)CCOc1ccc(-c2nn(-c3ccc(NC(=O)Cc4cc(C(C)(C)C)on4)cc3)c3ncnc(N)c23)cc1. The molecular formula is C90H100N24O11S2. The van der Waals surface area contributed by atoms with E-state index in [-0.39, 0.29) is 70.1 Å². The minimum Gasteiger partial charge on any atom is -0.492 e. The molecule has 0 radical (unpaired) electrons. The summed E-state index contributed by atoms with van der Waals surface area (Å²) in [6, 6.07) is 48.7. The third kappa shape index (κ3) is 21.2. The molecule has 0 saturated heterocycles. The first-order chi connectivity index (χ1) is 60.4. The maximum atomic E-state index is 12.7. The molecule has 15 aromatic rings. The average molecular weight is 1760 g/mol. The highest BCUT2D eigenvalue weighted by Crippen LogP contribution is 2.39. The Labute approximate surface area is 733 Å². The number of likely N-dealkylation sites (N-methyl/N-ethyl adjacent to an activating group) is 1. The molecular weight excluding hydrogens is 1660 g/mol. The molecule has 11 N–H and O–H groups in total. The van der Waals surface area contributed by atoms with Gasteiger partial charge in [-0.1, -0.05) is 116 Å². The van der Waals surface area contributed by atoms with Crippen LogP contribution in [0.4, 0.5) is 45.9 Å². The van der Waals surface area contributed by atoms with E-state index in [4.69, 9.17) is 50.8 Å². The van der Waals surface area contributed by atoms with E-state index in [1.807, 2.05) is 141 Å². The number of carbonyl (C=O) groups is 3. The van der Waals surface area contributed by atoms with Crippen molar-refractivity contribution in [1.29, 1.82) is 0 Å². The van der Waals surface area contributed by atoms with Crippen molar-refractivity contribution in [3.8, 4) is 56.6 Å². The summed E-state index contributed by atoms with van der Waals surface area (Å²) < 4.78 is 81.4. The number of rotatable bonds is 27. The number of benzene rings is 6. The number of nitrogens with zero attached hydrogens (tertiary/aromatic N) is 16. The van der Waals surface area contributed by atoms with E-state index in [1.165, 1.54) is 19.0 Å². The Morgan fingerprint density at radius 2 is 0.756 bits per heavy atom. The van der Waals surface area contributed by atoms with Crippen LogP contribution in [0.3, 0.4) is 0 Å². The Morgan fingerprint density at radius 1 is 0.449 bits per heavy atom. The van der Waals surface area contributed by atoms with E-state index in [9.17, 15) is 31.2 Å². The monoisotopic (exact) mass is 1760 g/mol. The van der Waals surface area contributed by atoms with Crippen LogP contribution in [0.15, 0.2) is 196 Å². The van der Waals surface area contributed by atoms with Crippen molar-refractivity contribution in [2.75, 3.05) is 68.8 Å². The zero-order chi connectivity index (χ0) is 90.4. The number of aromatic nitrogens is 15. The first kappa shape index (κ1) is 89.0. The molecule has 1 saturated carbocycles. The quantitative estimate of drug-likeness (QED) is 0.0237. The number of ether oxygens (including phenoxy) is 1. The van der Waals surface area contributed by atoms with Crippen LogP contribution in [0.2, 0.25) is 0 Å². The molecule has 16 rings (SSSR count). The van der Waals surface area contributed by atoms with E-state index in [2.05, 4.69) is 89.5 Å². The number of fused-ring (bicyclic) bond motifs is 3. The average Bonchev–Trinajstić information content (AvgIpc) is 1.62. The van der Waals surface area contributed by atoms with E-state index >= 15 is 0 Å². The first-order valence-electron chi connectivity index (χ1n) is 41.2. The zero-order valence-corrected chi connectivity index (χ0v) is 74.2. The van der Waals surface area contributed by atoms with Crippen LogP contribution >= 0.6 is 0 Å². The summed E-state index contributed by atoms with van der Waals surface area (Å²) in [6.07, 6.45) is 5.83. The smallest absolute Gasteiger partial charge is 0.235 e. The number of nitrogens with one attached hydrogen (secondary N) is 5. The molecule has 0 spiro atoms. The lowest BCUT2D eigenvalue weighted by atomic mass is 9.93. The summed E-state index contributed by atoms with van der Waals surface area (Å²) in [5.41, 5.74) is 30.6. The maximum absolute atomic E-state index is 12.7. The molecule has 0 atom stereocenters.